The zero-order chi connectivity index (χ0) is 21.7. The van der Waals surface area contributed by atoms with Crippen LogP contribution in [0.4, 0.5) is 5.69 Å². The number of phenolic OH excluding ortho intramolecular Hbond substituents is 2. The number of aryl methyl sites for hydroxylation is 2. The maximum atomic E-state index is 12.2. The minimum Gasteiger partial charge on any atom is -0.508 e. The van der Waals surface area contributed by atoms with E-state index in [2.05, 4.69) is 10.6 Å². The van der Waals surface area contributed by atoms with Crippen LogP contribution in [0.15, 0.2) is 55.1 Å². The molecule has 8 nitrogen and oxygen atoms in total. The number of carbonyl (C=O) groups is 2. The highest BCUT2D eigenvalue weighted by atomic mass is 16.3. The van der Waals surface area contributed by atoms with Gasteiger partial charge < -0.3 is 20.8 Å². The molecular weight excluding hydrogens is 384 g/mol. The molecule has 0 bridgehead atoms. The second-order valence-electron chi connectivity index (χ2n) is 7.24. The third-order valence-electron chi connectivity index (χ3n) is 4.54. The molecule has 0 aliphatic carbocycles. The maximum Gasteiger partial charge on any atom is 0.266 e. The highest BCUT2D eigenvalue weighted by Crippen LogP contribution is 2.23. The van der Waals surface area contributed by atoms with Crippen LogP contribution in [0, 0.1) is 13.8 Å². The van der Waals surface area contributed by atoms with Gasteiger partial charge in [0, 0.05) is 12.1 Å². The van der Waals surface area contributed by atoms with Gasteiger partial charge in [-0.2, -0.15) is 0 Å². The standard InChI is InChI=1S/C22H24N4O4/c1-15-3-5-17(19(27)9-15)11-23-21(29)12-25-7-8-26(14-25)13-22(30)24-18-6-4-16(2)10-20(18)28/h3-10,14H,11-13H2,1-2H3,(H3-,23,24,27,28,29,30)/p+1. The maximum absolute atomic E-state index is 12.2. The van der Waals surface area contributed by atoms with Crippen molar-refractivity contribution in [3.63, 3.8) is 0 Å². The molecule has 3 rings (SSSR count). The van der Waals surface area contributed by atoms with Gasteiger partial charge in [-0.25, -0.2) is 9.13 Å². The minimum absolute atomic E-state index is 0.0159. The van der Waals surface area contributed by atoms with Crippen LogP contribution in [-0.4, -0.2) is 26.6 Å². The van der Waals surface area contributed by atoms with Gasteiger partial charge in [0.1, 0.15) is 23.9 Å². The van der Waals surface area contributed by atoms with E-state index in [9.17, 15) is 19.8 Å². The Bertz CT molecular complexity index is 1070. The van der Waals surface area contributed by atoms with Gasteiger partial charge in [0.05, 0.1) is 5.69 Å². The van der Waals surface area contributed by atoms with Crippen LogP contribution in [0.2, 0.25) is 0 Å². The van der Waals surface area contributed by atoms with Crippen molar-refractivity contribution in [2.45, 2.75) is 33.5 Å². The molecule has 0 saturated heterocycles. The Labute approximate surface area is 174 Å². The van der Waals surface area contributed by atoms with Crippen LogP contribution in [0.3, 0.4) is 0 Å². The number of hydrogen-bond donors (Lipinski definition) is 4. The Morgan fingerprint density at radius 3 is 2.40 bits per heavy atom. The van der Waals surface area contributed by atoms with Gasteiger partial charge >= 0.3 is 0 Å². The third-order valence-corrected chi connectivity index (χ3v) is 4.54. The lowest BCUT2D eigenvalue weighted by molar-refractivity contribution is -0.683. The smallest absolute Gasteiger partial charge is 0.266 e. The average molecular weight is 409 g/mol. The molecule has 0 radical (unpaired) electrons. The number of aromatic nitrogens is 2. The van der Waals surface area contributed by atoms with Crippen molar-refractivity contribution < 1.29 is 24.4 Å². The molecule has 2 aromatic carbocycles. The fraction of sp³-hybridized carbons (Fsp3) is 0.227. The van der Waals surface area contributed by atoms with Crippen molar-refractivity contribution in [2.75, 3.05) is 5.32 Å². The summed E-state index contributed by atoms with van der Waals surface area (Å²) in [5, 5.41) is 25.2. The first-order valence-corrected chi connectivity index (χ1v) is 9.49. The zero-order valence-electron chi connectivity index (χ0n) is 16.9. The van der Waals surface area contributed by atoms with Crippen molar-refractivity contribution in [1.82, 2.24) is 9.88 Å². The SMILES string of the molecule is Cc1ccc(CNC(=O)Cn2cc[n+](CC(=O)Nc3ccc(C)cc3O)c2)c(O)c1. The lowest BCUT2D eigenvalue weighted by atomic mass is 10.1. The zero-order valence-corrected chi connectivity index (χ0v) is 16.9. The summed E-state index contributed by atoms with van der Waals surface area (Å²) in [5.74, 6) is -0.343. The van der Waals surface area contributed by atoms with E-state index in [1.165, 1.54) is 0 Å². The monoisotopic (exact) mass is 409 g/mol. The van der Waals surface area contributed by atoms with Crippen LogP contribution in [0.5, 0.6) is 11.5 Å². The molecule has 1 heterocycles. The normalized spacial score (nSPS) is 10.6. The minimum atomic E-state index is -0.295. The number of imidazole rings is 1. The highest BCUT2D eigenvalue weighted by Gasteiger charge is 2.14. The second-order valence-corrected chi connectivity index (χ2v) is 7.24. The van der Waals surface area contributed by atoms with E-state index in [-0.39, 0.29) is 42.9 Å². The first-order valence-electron chi connectivity index (χ1n) is 9.49. The molecule has 0 aliphatic rings. The van der Waals surface area contributed by atoms with E-state index in [0.717, 1.165) is 11.1 Å². The first kappa shape index (κ1) is 20.9. The van der Waals surface area contributed by atoms with E-state index in [4.69, 9.17) is 0 Å². The predicted octanol–water partition coefficient (Wildman–Crippen LogP) is 1.76. The van der Waals surface area contributed by atoms with Crippen LogP contribution in [-0.2, 0) is 29.2 Å². The van der Waals surface area contributed by atoms with Crippen molar-refractivity contribution in [3.8, 4) is 11.5 Å². The third kappa shape index (κ3) is 5.60. The molecule has 1 aromatic heterocycles. The number of phenols is 2. The van der Waals surface area contributed by atoms with Gasteiger partial charge in [-0.05, 0) is 43.2 Å². The van der Waals surface area contributed by atoms with Crippen molar-refractivity contribution in [3.05, 3.63) is 71.8 Å². The number of aromatic hydroxyl groups is 2. The van der Waals surface area contributed by atoms with Crippen molar-refractivity contribution in [1.29, 1.82) is 0 Å². The van der Waals surface area contributed by atoms with E-state index in [1.54, 1.807) is 58.2 Å². The Hall–Kier alpha value is -3.81. The Morgan fingerprint density at radius 1 is 1.00 bits per heavy atom. The summed E-state index contributed by atoms with van der Waals surface area (Å²) in [4.78, 5) is 24.4. The molecule has 0 unspecified atom stereocenters. The van der Waals surface area contributed by atoms with Gasteiger partial charge in [-0.3, -0.25) is 9.59 Å². The van der Waals surface area contributed by atoms with Crippen molar-refractivity contribution >= 4 is 17.5 Å². The van der Waals surface area contributed by atoms with Gasteiger partial charge in [0.15, 0.2) is 13.1 Å². The Kier molecular flexibility index (Phi) is 6.36. The quantitative estimate of drug-likeness (QED) is 0.352. The number of carbonyl (C=O) groups excluding carboxylic acids is 2. The number of hydrogen-bond acceptors (Lipinski definition) is 4. The summed E-state index contributed by atoms with van der Waals surface area (Å²) in [6.07, 6.45) is 5.03. The largest absolute Gasteiger partial charge is 0.508 e. The summed E-state index contributed by atoms with van der Waals surface area (Å²) in [5.41, 5.74) is 2.84. The van der Waals surface area contributed by atoms with Crippen LogP contribution in [0.1, 0.15) is 16.7 Å². The number of amides is 2. The van der Waals surface area contributed by atoms with E-state index in [1.807, 2.05) is 19.9 Å². The molecule has 156 valence electrons. The molecule has 8 heteroatoms. The molecular formula is C22H25N4O4+. The Morgan fingerprint density at radius 2 is 1.70 bits per heavy atom. The summed E-state index contributed by atoms with van der Waals surface area (Å²) >= 11 is 0. The molecule has 3 aromatic rings. The molecule has 0 spiro atoms. The van der Waals surface area contributed by atoms with Gasteiger partial charge in [0.2, 0.25) is 6.33 Å². The fourth-order valence-electron chi connectivity index (χ4n) is 2.97. The number of anilines is 1. The van der Waals surface area contributed by atoms with E-state index >= 15 is 0 Å². The molecule has 4 N–H and O–H groups in total. The first-order chi connectivity index (χ1) is 14.3. The molecule has 0 atom stereocenters. The lowest BCUT2D eigenvalue weighted by Gasteiger charge is -2.07. The summed E-state index contributed by atoms with van der Waals surface area (Å²) in [7, 11) is 0. The van der Waals surface area contributed by atoms with Crippen LogP contribution >= 0.6 is 0 Å². The number of nitrogens with zero attached hydrogens (tertiary/aromatic N) is 2. The van der Waals surface area contributed by atoms with E-state index in [0.29, 0.717) is 11.3 Å². The second kappa shape index (κ2) is 9.13. The summed E-state index contributed by atoms with van der Waals surface area (Å²) in [6, 6.07) is 10.3. The molecule has 30 heavy (non-hydrogen) atoms. The summed E-state index contributed by atoms with van der Waals surface area (Å²) in [6.45, 7) is 4.09. The van der Waals surface area contributed by atoms with Gasteiger partial charge in [0.25, 0.3) is 11.8 Å². The molecule has 0 fully saturated rings. The van der Waals surface area contributed by atoms with E-state index < -0.39 is 0 Å². The molecule has 2 amide bonds. The van der Waals surface area contributed by atoms with Crippen LogP contribution in [0.25, 0.3) is 0 Å². The average Bonchev–Trinajstić information content (AvgIpc) is 3.10. The Balaban J connectivity index is 1.50. The van der Waals surface area contributed by atoms with Gasteiger partial charge in [-0.1, -0.05) is 18.2 Å². The number of nitrogens with one attached hydrogen (secondary N) is 2. The van der Waals surface area contributed by atoms with Crippen molar-refractivity contribution in [2.24, 2.45) is 0 Å². The van der Waals surface area contributed by atoms with Crippen LogP contribution < -0.4 is 15.2 Å². The lowest BCUT2D eigenvalue weighted by Crippen LogP contribution is -2.38. The topological polar surface area (TPSA) is 107 Å². The summed E-state index contributed by atoms with van der Waals surface area (Å²) < 4.78 is 3.29. The number of rotatable bonds is 7. The van der Waals surface area contributed by atoms with Gasteiger partial charge in [-0.15, -0.1) is 0 Å². The fourth-order valence-corrected chi connectivity index (χ4v) is 2.97. The highest BCUT2D eigenvalue weighted by molar-refractivity contribution is 5.91. The molecule has 0 saturated carbocycles. The predicted molar refractivity (Wildman–Crippen MR) is 111 cm³/mol. The molecule has 0 aliphatic heterocycles. The number of benzene rings is 2.